The molecule has 0 atom stereocenters. The van der Waals surface area contributed by atoms with Crippen molar-refractivity contribution in [1.29, 1.82) is 0 Å². The first kappa shape index (κ1) is 17.6. The average molecular weight is 345 g/mol. The Bertz CT molecular complexity index is 590. The zero-order valence-electron chi connectivity index (χ0n) is 14.8. The van der Waals surface area contributed by atoms with Crippen molar-refractivity contribution < 1.29 is 14.3 Å². The molecular weight excluding hydrogens is 318 g/mol. The molecule has 0 aromatic heterocycles. The van der Waals surface area contributed by atoms with Crippen molar-refractivity contribution in [3.05, 3.63) is 29.8 Å². The van der Waals surface area contributed by atoms with Crippen molar-refractivity contribution in [1.82, 2.24) is 15.5 Å². The van der Waals surface area contributed by atoms with E-state index in [9.17, 15) is 9.59 Å². The second kappa shape index (κ2) is 8.23. The molecule has 0 unspecified atom stereocenters. The van der Waals surface area contributed by atoms with E-state index in [4.69, 9.17) is 4.74 Å². The number of amides is 3. The van der Waals surface area contributed by atoms with E-state index in [-0.39, 0.29) is 17.9 Å². The molecule has 1 aliphatic heterocycles. The van der Waals surface area contributed by atoms with Crippen LogP contribution < -0.4 is 15.4 Å². The predicted molar refractivity (Wildman–Crippen MR) is 95.6 cm³/mol. The van der Waals surface area contributed by atoms with Gasteiger partial charge in [-0.2, -0.15) is 0 Å². The fourth-order valence-corrected chi connectivity index (χ4v) is 3.10. The monoisotopic (exact) mass is 345 g/mol. The summed E-state index contributed by atoms with van der Waals surface area (Å²) in [6.45, 7) is 1.96. The predicted octanol–water partition coefficient (Wildman–Crippen LogP) is 1.94. The van der Waals surface area contributed by atoms with Crippen molar-refractivity contribution in [2.24, 2.45) is 5.92 Å². The van der Waals surface area contributed by atoms with Crippen LogP contribution in [0.15, 0.2) is 24.3 Å². The highest BCUT2D eigenvalue weighted by Crippen LogP contribution is 2.21. The molecule has 1 aromatic carbocycles. The maximum atomic E-state index is 12.3. The van der Waals surface area contributed by atoms with Crippen molar-refractivity contribution in [3.8, 4) is 5.75 Å². The molecule has 6 nitrogen and oxygen atoms in total. The first-order valence-corrected chi connectivity index (χ1v) is 9.12. The Labute approximate surface area is 148 Å². The van der Waals surface area contributed by atoms with Crippen LogP contribution in [0.25, 0.3) is 0 Å². The Morgan fingerprint density at radius 1 is 1.12 bits per heavy atom. The molecule has 3 amide bonds. The minimum Gasteiger partial charge on any atom is -0.497 e. The topological polar surface area (TPSA) is 70.7 Å². The molecule has 2 fully saturated rings. The minimum absolute atomic E-state index is 0.0147. The lowest BCUT2D eigenvalue weighted by Gasteiger charge is -2.31. The number of nitrogens with one attached hydrogen (secondary N) is 2. The lowest BCUT2D eigenvalue weighted by Crippen LogP contribution is -2.47. The van der Waals surface area contributed by atoms with Crippen molar-refractivity contribution in [2.45, 2.75) is 38.1 Å². The van der Waals surface area contributed by atoms with Crippen molar-refractivity contribution in [3.63, 3.8) is 0 Å². The number of carbonyl (C=O) groups excluding carboxylic acids is 2. The zero-order valence-corrected chi connectivity index (χ0v) is 14.8. The van der Waals surface area contributed by atoms with E-state index in [1.54, 1.807) is 7.11 Å². The van der Waals surface area contributed by atoms with Gasteiger partial charge in [-0.15, -0.1) is 0 Å². The number of hydrogen-bond donors (Lipinski definition) is 2. The van der Waals surface area contributed by atoms with Crippen LogP contribution in [0.1, 0.15) is 31.2 Å². The summed E-state index contributed by atoms with van der Waals surface area (Å²) in [7, 11) is 1.65. The van der Waals surface area contributed by atoms with E-state index in [1.807, 2.05) is 29.2 Å². The quantitative estimate of drug-likeness (QED) is 0.828. The molecular formula is C19H27N3O3. The summed E-state index contributed by atoms with van der Waals surface area (Å²) in [5.41, 5.74) is 1.17. The molecule has 2 aliphatic rings. The van der Waals surface area contributed by atoms with Gasteiger partial charge in [-0.3, -0.25) is 4.79 Å². The highest BCUT2D eigenvalue weighted by molar-refractivity contribution is 5.79. The normalized spacial score (nSPS) is 17.9. The lowest BCUT2D eigenvalue weighted by atomic mass is 9.96. The Balaban J connectivity index is 1.35. The minimum atomic E-state index is 0.0147. The van der Waals surface area contributed by atoms with Crippen LogP contribution in [0.2, 0.25) is 0 Å². The molecule has 0 radical (unpaired) electrons. The van der Waals surface area contributed by atoms with Gasteiger partial charge in [0.2, 0.25) is 5.91 Å². The molecule has 1 heterocycles. The van der Waals surface area contributed by atoms with Gasteiger partial charge in [0, 0.05) is 31.6 Å². The molecule has 0 bridgehead atoms. The standard InChI is InChI=1S/C19H27N3O3/c1-25-17-6-2-14(3-7-17)8-11-20-18(23)15-9-12-22(13-10-15)19(24)21-16-4-5-16/h2-3,6-7,15-16H,4-5,8-13H2,1H3,(H,20,23)(H,21,24). The highest BCUT2D eigenvalue weighted by atomic mass is 16.5. The summed E-state index contributed by atoms with van der Waals surface area (Å²) in [6, 6.07) is 8.30. The summed E-state index contributed by atoms with van der Waals surface area (Å²) in [5, 5.41) is 6.03. The fraction of sp³-hybridized carbons (Fsp3) is 0.579. The second-order valence-electron chi connectivity index (χ2n) is 6.87. The average Bonchev–Trinajstić information content (AvgIpc) is 3.46. The molecule has 25 heavy (non-hydrogen) atoms. The van der Waals surface area contributed by atoms with Crippen LogP contribution in [0.4, 0.5) is 4.79 Å². The molecule has 0 spiro atoms. The Morgan fingerprint density at radius 3 is 2.40 bits per heavy atom. The van der Waals surface area contributed by atoms with E-state index >= 15 is 0 Å². The number of urea groups is 1. The molecule has 1 saturated heterocycles. The number of carbonyl (C=O) groups is 2. The third-order valence-corrected chi connectivity index (χ3v) is 4.93. The summed E-state index contributed by atoms with van der Waals surface area (Å²) in [5.74, 6) is 0.960. The van der Waals surface area contributed by atoms with E-state index in [0.29, 0.717) is 25.7 Å². The molecule has 6 heteroatoms. The maximum Gasteiger partial charge on any atom is 0.317 e. The fourth-order valence-electron chi connectivity index (χ4n) is 3.10. The number of likely N-dealkylation sites (tertiary alicyclic amines) is 1. The number of methoxy groups -OCH3 is 1. The van der Waals surface area contributed by atoms with Gasteiger partial charge in [-0.1, -0.05) is 12.1 Å². The molecule has 1 saturated carbocycles. The van der Waals surface area contributed by atoms with Crippen LogP contribution in [-0.2, 0) is 11.2 Å². The zero-order chi connectivity index (χ0) is 17.6. The molecule has 2 N–H and O–H groups in total. The largest absolute Gasteiger partial charge is 0.497 e. The van der Waals surface area contributed by atoms with Gasteiger partial charge in [0.05, 0.1) is 7.11 Å². The third-order valence-electron chi connectivity index (χ3n) is 4.93. The number of ether oxygens (including phenoxy) is 1. The van der Waals surface area contributed by atoms with Gasteiger partial charge in [-0.05, 0) is 49.8 Å². The number of benzene rings is 1. The van der Waals surface area contributed by atoms with Crippen LogP contribution >= 0.6 is 0 Å². The van der Waals surface area contributed by atoms with Crippen LogP contribution in [0, 0.1) is 5.92 Å². The van der Waals surface area contributed by atoms with Gasteiger partial charge >= 0.3 is 6.03 Å². The first-order chi connectivity index (χ1) is 12.2. The van der Waals surface area contributed by atoms with E-state index < -0.39 is 0 Å². The smallest absolute Gasteiger partial charge is 0.317 e. The highest BCUT2D eigenvalue weighted by Gasteiger charge is 2.30. The summed E-state index contributed by atoms with van der Waals surface area (Å²) in [6.07, 6.45) is 4.48. The van der Waals surface area contributed by atoms with E-state index in [1.165, 1.54) is 5.56 Å². The molecule has 1 aliphatic carbocycles. The van der Waals surface area contributed by atoms with E-state index in [0.717, 1.165) is 37.9 Å². The number of nitrogens with zero attached hydrogens (tertiary/aromatic N) is 1. The Hall–Kier alpha value is -2.24. The van der Waals surface area contributed by atoms with E-state index in [2.05, 4.69) is 10.6 Å². The van der Waals surface area contributed by atoms with Crippen LogP contribution in [0.5, 0.6) is 5.75 Å². The number of piperidine rings is 1. The molecule has 1 aromatic rings. The summed E-state index contributed by atoms with van der Waals surface area (Å²) >= 11 is 0. The van der Waals surface area contributed by atoms with Crippen molar-refractivity contribution >= 4 is 11.9 Å². The second-order valence-corrected chi connectivity index (χ2v) is 6.87. The summed E-state index contributed by atoms with van der Waals surface area (Å²) < 4.78 is 5.14. The Kier molecular flexibility index (Phi) is 5.79. The lowest BCUT2D eigenvalue weighted by molar-refractivity contribution is -0.126. The van der Waals surface area contributed by atoms with Crippen molar-refractivity contribution in [2.75, 3.05) is 26.7 Å². The van der Waals surface area contributed by atoms with Gasteiger partial charge < -0.3 is 20.3 Å². The van der Waals surface area contributed by atoms with Gasteiger partial charge in [0.1, 0.15) is 5.75 Å². The number of hydrogen-bond acceptors (Lipinski definition) is 3. The maximum absolute atomic E-state index is 12.3. The SMILES string of the molecule is COc1ccc(CCNC(=O)C2CCN(C(=O)NC3CC3)CC2)cc1. The third kappa shape index (κ3) is 5.11. The Morgan fingerprint density at radius 2 is 1.80 bits per heavy atom. The van der Waals surface area contributed by atoms with Gasteiger partial charge in [0.15, 0.2) is 0 Å². The first-order valence-electron chi connectivity index (χ1n) is 9.12. The van der Waals surface area contributed by atoms with Gasteiger partial charge in [0.25, 0.3) is 0 Å². The number of rotatable bonds is 6. The molecule has 3 rings (SSSR count). The van der Waals surface area contributed by atoms with Gasteiger partial charge in [-0.25, -0.2) is 4.79 Å². The van der Waals surface area contributed by atoms with Crippen LogP contribution in [-0.4, -0.2) is 49.6 Å². The van der Waals surface area contributed by atoms with Crippen LogP contribution in [0.3, 0.4) is 0 Å². The summed E-state index contributed by atoms with van der Waals surface area (Å²) in [4.78, 5) is 26.1. The molecule has 136 valence electrons.